The molecule has 2 aromatic carbocycles. The molecule has 1 aliphatic heterocycles. The lowest BCUT2D eigenvalue weighted by molar-refractivity contribution is -0.117. The van der Waals surface area contributed by atoms with Gasteiger partial charge in [0.1, 0.15) is 0 Å². The molecule has 1 saturated heterocycles. The molecule has 0 radical (unpaired) electrons. The van der Waals surface area contributed by atoms with Crippen LogP contribution in [0, 0.1) is 0 Å². The number of anilines is 1. The van der Waals surface area contributed by atoms with Gasteiger partial charge in [0.15, 0.2) is 0 Å². The number of benzene rings is 2. The minimum absolute atomic E-state index is 0.0460. The summed E-state index contributed by atoms with van der Waals surface area (Å²) < 4.78 is 0.911. The van der Waals surface area contributed by atoms with Crippen LogP contribution in [0.25, 0.3) is 0 Å². The number of piperazine rings is 1. The maximum absolute atomic E-state index is 12.2. The van der Waals surface area contributed by atoms with Crippen molar-refractivity contribution >= 4 is 27.5 Å². The quantitative estimate of drug-likeness (QED) is 0.806. The number of carbonyl (C=O) groups excluding carboxylic acids is 1. The molecule has 0 atom stereocenters. The summed E-state index contributed by atoms with van der Waals surface area (Å²) >= 11 is 3.46. The first-order chi connectivity index (χ1) is 12.2. The summed E-state index contributed by atoms with van der Waals surface area (Å²) in [6.45, 7) is 5.47. The van der Waals surface area contributed by atoms with Gasteiger partial charge >= 0.3 is 0 Å². The molecular formula is C20H24BrN3O. The van der Waals surface area contributed by atoms with Crippen LogP contribution in [0.15, 0.2) is 59.1 Å². The van der Waals surface area contributed by atoms with Crippen LogP contribution in [-0.4, -0.2) is 55.0 Å². The lowest BCUT2D eigenvalue weighted by Crippen LogP contribution is -2.49. The van der Waals surface area contributed by atoms with Crippen molar-refractivity contribution in [3.8, 4) is 0 Å². The standard InChI is InChI=1S/C20H24BrN3O/c21-18-8-4-5-9-19(18)22-20(25)16-24-14-12-23(13-15-24)11-10-17-6-2-1-3-7-17/h1-9H,10-16H2,(H,22,25). The highest BCUT2D eigenvalue weighted by molar-refractivity contribution is 9.10. The lowest BCUT2D eigenvalue weighted by Gasteiger charge is -2.34. The Morgan fingerprint density at radius 3 is 2.28 bits per heavy atom. The summed E-state index contributed by atoms with van der Waals surface area (Å²) in [5.41, 5.74) is 2.21. The monoisotopic (exact) mass is 401 g/mol. The molecule has 3 rings (SSSR count). The van der Waals surface area contributed by atoms with Crippen molar-refractivity contribution in [3.63, 3.8) is 0 Å². The molecule has 132 valence electrons. The Bertz CT molecular complexity index is 684. The second-order valence-electron chi connectivity index (χ2n) is 6.38. The van der Waals surface area contributed by atoms with Crippen molar-refractivity contribution in [2.45, 2.75) is 6.42 Å². The maximum Gasteiger partial charge on any atom is 0.238 e. The van der Waals surface area contributed by atoms with E-state index >= 15 is 0 Å². The fourth-order valence-electron chi connectivity index (χ4n) is 3.06. The van der Waals surface area contributed by atoms with Gasteiger partial charge in [-0.15, -0.1) is 0 Å². The molecule has 0 saturated carbocycles. The molecule has 2 aromatic rings. The Morgan fingerprint density at radius 2 is 1.56 bits per heavy atom. The van der Waals surface area contributed by atoms with E-state index in [9.17, 15) is 4.79 Å². The van der Waals surface area contributed by atoms with Crippen LogP contribution in [0.3, 0.4) is 0 Å². The predicted molar refractivity (Wildman–Crippen MR) is 106 cm³/mol. The molecule has 5 heteroatoms. The molecule has 0 aliphatic carbocycles. The van der Waals surface area contributed by atoms with Gasteiger partial charge in [-0.25, -0.2) is 0 Å². The Kier molecular flexibility index (Phi) is 6.62. The Morgan fingerprint density at radius 1 is 0.920 bits per heavy atom. The Labute approximate surface area is 158 Å². The SMILES string of the molecule is O=C(CN1CCN(CCc2ccccc2)CC1)Nc1ccccc1Br. The molecule has 0 aromatic heterocycles. The first-order valence-electron chi connectivity index (χ1n) is 8.74. The number of carbonyl (C=O) groups is 1. The van der Waals surface area contributed by atoms with E-state index in [2.05, 4.69) is 61.4 Å². The van der Waals surface area contributed by atoms with Crippen molar-refractivity contribution in [3.05, 3.63) is 64.6 Å². The van der Waals surface area contributed by atoms with Gasteiger partial charge in [0.05, 0.1) is 12.2 Å². The van der Waals surface area contributed by atoms with Crippen molar-refractivity contribution in [2.75, 3.05) is 44.6 Å². The largest absolute Gasteiger partial charge is 0.324 e. The number of para-hydroxylation sites is 1. The summed E-state index contributed by atoms with van der Waals surface area (Å²) in [5, 5.41) is 2.97. The van der Waals surface area contributed by atoms with Crippen LogP contribution in [-0.2, 0) is 11.2 Å². The van der Waals surface area contributed by atoms with Gasteiger partial charge in [-0.2, -0.15) is 0 Å². The van der Waals surface area contributed by atoms with E-state index in [1.54, 1.807) is 0 Å². The van der Waals surface area contributed by atoms with Gasteiger partial charge in [-0.3, -0.25) is 9.69 Å². The van der Waals surface area contributed by atoms with E-state index in [0.717, 1.165) is 49.3 Å². The normalized spacial score (nSPS) is 15.9. The molecule has 1 N–H and O–H groups in total. The molecule has 1 fully saturated rings. The van der Waals surface area contributed by atoms with Crippen LogP contribution < -0.4 is 5.32 Å². The third kappa shape index (κ3) is 5.66. The molecule has 1 amide bonds. The minimum atomic E-state index is 0.0460. The van der Waals surface area contributed by atoms with E-state index in [1.165, 1.54) is 5.56 Å². The van der Waals surface area contributed by atoms with Gasteiger partial charge in [0.25, 0.3) is 0 Å². The Balaban J connectivity index is 1.39. The fourth-order valence-corrected chi connectivity index (χ4v) is 3.44. The molecule has 1 aliphatic rings. The first kappa shape index (κ1) is 18.1. The van der Waals surface area contributed by atoms with Crippen molar-refractivity contribution in [1.29, 1.82) is 0 Å². The van der Waals surface area contributed by atoms with E-state index in [-0.39, 0.29) is 5.91 Å². The highest BCUT2D eigenvalue weighted by atomic mass is 79.9. The molecule has 1 heterocycles. The summed E-state index contributed by atoms with van der Waals surface area (Å²) in [7, 11) is 0. The summed E-state index contributed by atoms with van der Waals surface area (Å²) in [6, 6.07) is 18.3. The molecule has 0 unspecified atom stereocenters. The van der Waals surface area contributed by atoms with E-state index in [1.807, 2.05) is 24.3 Å². The zero-order valence-corrected chi connectivity index (χ0v) is 15.9. The minimum Gasteiger partial charge on any atom is -0.324 e. The maximum atomic E-state index is 12.2. The predicted octanol–water partition coefficient (Wildman–Crippen LogP) is 3.25. The highest BCUT2D eigenvalue weighted by Gasteiger charge is 2.19. The second kappa shape index (κ2) is 9.13. The summed E-state index contributed by atoms with van der Waals surface area (Å²) in [5.74, 6) is 0.0460. The molecular weight excluding hydrogens is 378 g/mol. The van der Waals surface area contributed by atoms with Crippen LogP contribution in [0.2, 0.25) is 0 Å². The zero-order chi connectivity index (χ0) is 17.5. The molecule has 0 bridgehead atoms. The van der Waals surface area contributed by atoms with Crippen LogP contribution >= 0.6 is 15.9 Å². The van der Waals surface area contributed by atoms with Crippen LogP contribution in [0.4, 0.5) is 5.69 Å². The van der Waals surface area contributed by atoms with Gasteiger partial charge in [-0.05, 0) is 40.0 Å². The number of amides is 1. The van der Waals surface area contributed by atoms with Crippen LogP contribution in [0.5, 0.6) is 0 Å². The van der Waals surface area contributed by atoms with Gasteiger partial charge in [0, 0.05) is 37.2 Å². The molecule has 4 nitrogen and oxygen atoms in total. The first-order valence-corrected chi connectivity index (χ1v) is 9.53. The van der Waals surface area contributed by atoms with E-state index in [4.69, 9.17) is 0 Å². The number of halogens is 1. The van der Waals surface area contributed by atoms with Crippen molar-refractivity contribution < 1.29 is 4.79 Å². The third-order valence-corrected chi connectivity index (χ3v) is 5.23. The smallest absolute Gasteiger partial charge is 0.238 e. The average molecular weight is 402 g/mol. The lowest BCUT2D eigenvalue weighted by atomic mass is 10.1. The van der Waals surface area contributed by atoms with Gasteiger partial charge < -0.3 is 10.2 Å². The second-order valence-corrected chi connectivity index (χ2v) is 7.24. The van der Waals surface area contributed by atoms with Crippen molar-refractivity contribution in [2.24, 2.45) is 0 Å². The topological polar surface area (TPSA) is 35.6 Å². The number of hydrogen-bond donors (Lipinski definition) is 1. The number of nitrogens with zero attached hydrogens (tertiary/aromatic N) is 2. The van der Waals surface area contributed by atoms with E-state index in [0.29, 0.717) is 6.54 Å². The molecule has 25 heavy (non-hydrogen) atoms. The zero-order valence-electron chi connectivity index (χ0n) is 14.3. The highest BCUT2D eigenvalue weighted by Crippen LogP contribution is 2.21. The van der Waals surface area contributed by atoms with Crippen molar-refractivity contribution in [1.82, 2.24) is 9.80 Å². The number of hydrogen-bond acceptors (Lipinski definition) is 3. The van der Waals surface area contributed by atoms with Crippen LogP contribution in [0.1, 0.15) is 5.56 Å². The third-order valence-electron chi connectivity index (χ3n) is 4.54. The average Bonchev–Trinajstić information content (AvgIpc) is 2.64. The summed E-state index contributed by atoms with van der Waals surface area (Å²) in [6.07, 6.45) is 1.09. The van der Waals surface area contributed by atoms with E-state index < -0.39 is 0 Å². The number of rotatable bonds is 6. The molecule has 0 spiro atoms. The summed E-state index contributed by atoms with van der Waals surface area (Å²) in [4.78, 5) is 16.9. The Hall–Kier alpha value is -1.69. The number of nitrogens with one attached hydrogen (secondary N) is 1. The fraction of sp³-hybridized carbons (Fsp3) is 0.350. The van der Waals surface area contributed by atoms with Gasteiger partial charge in [-0.1, -0.05) is 42.5 Å². The van der Waals surface area contributed by atoms with Gasteiger partial charge in [0.2, 0.25) is 5.91 Å².